The summed E-state index contributed by atoms with van der Waals surface area (Å²) in [5.41, 5.74) is 1.75. The van der Waals surface area contributed by atoms with Gasteiger partial charge in [0.25, 0.3) is 5.91 Å². The van der Waals surface area contributed by atoms with Crippen LogP contribution in [-0.4, -0.2) is 22.8 Å². The van der Waals surface area contributed by atoms with Crippen LogP contribution in [0.4, 0.5) is 0 Å². The van der Waals surface area contributed by atoms with Crippen molar-refractivity contribution in [3.63, 3.8) is 0 Å². The van der Waals surface area contributed by atoms with Crippen LogP contribution in [0.25, 0.3) is 0 Å². The largest absolute Gasteiger partial charge is 0.348 e. The second-order valence-electron chi connectivity index (χ2n) is 4.25. The van der Waals surface area contributed by atoms with Crippen LogP contribution in [-0.2, 0) is 6.42 Å². The number of pyridine rings is 1. The summed E-state index contributed by atoms with van der Waals surface area (Å²) in [6, 6.07) is 13.3. The molecule has 1 aromatic carbocycles. The molecule has 2 rings (SSSR count). The highest BCUT2D eigenvalue weighted by Crippen LogP contribution is 2.06. The Hall–Kier alpha value is -1.87. The summed E-state index contributed by atoms with van der Waals surface area (Å²) in [6.45, 7) is 0. The Bertz CT molecular complexity index is 516. The molecule has 0 aliphatic heterocycles. The number of alkyl halides is 1. The Kier molecular flexibility index (Phi) is 4.93. The van der Waals surface area contributed by atoms with Gasteiger partial charge in [-0.15, -0.1) is 11.6 Å². The summed E-state index contributed by atoms with van der Waals surface area (Å²) in [5, 5.41) is 2.93. The highest BCUT2D eigenvalue weighted by molar-refractivity contribution is 6.18. The van der Waals surface area contributed by atoms with Crippen molar-refractivity contribution in [1.82, 2.24) is 10.3 Å². The number of carbonyl (C=O) groups excluding carboxylic acids is 1. The van der Waals surface area contributed by atoms with Crippen molar-refractivity contribution in [3.05, 3.63) is 66.0 Å². The van der Waals surface area contributed by atoms with Gasteiger partial charge in [-0.25, -0.2) is 0 Å². The lowest BCUT2D eigenvalue weighted by atomic mass is 10.1. The first-order valence-corrected chi connectivity index (χ1v) is 6.64. The van der Waals surface area contributed by atoms with Crippen molar-refractivity contribution < 1.29 is 4.79 Å². The number of amides is 1. The number of halogens is 1. The normalized spacial score (nSPS) is 11.8. The predicted molar refractivity (Wildman–Crippen MR) is 76.4 cm³/mol. The van der Waals surface area contributed by atoms with Crippen molar-refractivity contribution >= 4 is 17.5 Å². The number of aromatic nitrogens is 1. The average molecular weight is 275 g/mol. The van der Waals surface area contributed by atoms with E-state index in [0.717, 1.165) is 12.0 Å². The lowest BCUT2D eigenvalue weighted by Gasteiger charge is -2.16. The molecule has 0 bridgehead atoms. The second-order valence-corrected chi connectivity index (χ2v) is 4.56. The first kappa shape index (κ1) is 13.6. The highest BCUT2D eigenvalue weighted by atomic mass is 35.5. The van der Waals surface area contributed by atoms with E-state index < -0.39 is 0 Å². The summed E-state index contributed by atoms with van der Waals surface area (Å²) in [6.07, 6.45) is 3.92. The summed E-state index contributed by atoms with van der Waals surface area (Å²) in [7, 11) is 0. The van der Waals surface area contributed by atoms with Gasteiger partial charge in [0.1, 0.15) is 0 Å². The van der Waals surface area contributed by atoms with E-state index in [1.54, 1.807) is 24.5 Å². The van der Waals surface area contributed by atoms with Crippen LogP contribution in [0.5, 0.6) is 0 Å². The zero-order chi connectivity index (χ0) is 13.5. The van der Waals surface area contributed by atoms with Gasteiger partial charge in [0.05, 0.1) is 0 Å². The maximum absolute atomic E-state index is 12.0. The molecule has 1 unspecified atom stereocenters. The molecule has 0 aliphatic carbocycles. The fraction of sp³-hybridized carbons (Fsp3) is 0.200. The Labute approximate surface area is 117 Å². The van der Waals surface area contributed by atoms with E-state index in [9.17, 15) is 4.79 Å². The third kappa shape index (κ3) is 4.07. The van der Waals surface area contributed by atoms with Crippen molar-refractivity contribution in [1.29, 1.82) is 0 Å². The van der Waals surface area contributed by atoms with Crippen molar-refractivity contribution in [3.8, 4) is 0 Å². The van der Waals surface area contributed by atoms with Crippen LogP contribution in [0.2, 0.25) is 0 Å². The first-order chi connectivity index (χ1) is 9.29. The first-order valence-electron chi connectivity index (χ1n) is 6.10. The molecule has 0 spiro atoms. The minimum Gasteiger partial charge on any atom is -0.348 e. The number of rotatable bonds is 5. The van der Waals surface area contributed by atoms with E-state index in [4.69, 9.17) is 11.6 Å². The lowest BCUT2D eigenvalue weighted by Crippen LogP contribution is -2.37. The monoisotopic (exact) mass is 274 g/mol. The van der Waals surface area contributed by atoms with Crippen LogP contribution in [0.15, 0.2) is 54.9 Å². The number of benzene rings is 1. The molecule has 2 aromatic rings. The predicted octanol–water partition coefficient (Wildman–Crippen LogP) is 2.66. The molecule has 0 aliphatic rings. The van der Waals surface area contributed by atoms with Crippen LogP contribution < -0.4 is 5.32 Å². The summed E-state index contributed by atoms with van der Waals surface area (Å²) >= 11 is 5.92. The Morgan fingerprint density at radius 1 is 1.16 bits per heavy atom. The Balaban J connectivity index is 1.98. The van der Waals surface area contributed by atoms with E-state index in [1.807, 2.05) is 30.3 Å². The number of hydrogen-bond donors (Lipinski definition) is 1. The maximum atomic E-state index is 12.0. The zero-order valence-corrected chi connectivity index (χ0v) is 11.2. The van der Waals surface area contributed by atoms with Crippen molar-refractivity contribution in [2.24, 2.45) is 0 Å². The number of hydrogen-bond acceptors (Lipinski definition) is 2. The molecular weight excluding hydrogens is 260 g/mol. The standard InChI is InChI=1S/C15H15ClN2O/c16-11-14(10-12-4-2-1-3-5-12)18-15(19)13-6-8-17-9-7-13/h1-9,14H,10-11H2,(H,18,19). The van der Waals surface area contributed by atoms with Gasteiger partial charge >= 0.3 is 0 Å². The number of nitrogens with one attached hydrogen (secondary N) is 1. The molecule has 4 heteroatoms. The molecule has 0 saturated carbocycles. The van der Waals surface area contributed by atoms with Gasteiger partial charge in [-0.2, -0.15) is 0 Å². The van der Waals surface area contributed by atoms with E-state index in [2.05, 4.69) is 10.3 Å². The summed E-state index contributed by atoms with van der Waals surface area (Å²) in [4.78, 5) is 15.9. The molecule has 0 fully saturated rings. The molecule has 3 nitrogen and oxygen atoms in total. The second kappa shape index (κ2) is 6.90. The molecule has 1 aromatic heterocycles. The van der Waals surface area contributed by atoms with Crippen LogP contribution >= 0.6 is 11.6 Å². The molecule has 19 heavy (non-hydrogen) atoms. The van der Waals surface area contributed by atoms with Crippen molar-refractivity contribution in [2.75, 3.05) is 5.88 Å². The molecular formula is C15H15ClN2O. The third-order valence-corrected chi connectivity index (χ3v) is 3.16. The third-order valence-electron chi connectivity index (χ3n) is 2.79. The minimum absolute atomic E-state index is 0.0790. The molecule has 0 saturated heterocycles. The Morgan fingerprint density at radius 3 is 2.47 bits per heavy atom. The minimum atomic E-state index is -0.121. The lowest BCUT2D eigenvalue weighted by molar-refractivity contribution is 0.0940. The van der Waals surface area contributed by atoms with Crippen LogP contribution in [0.1, 0.15) is 15.9 Å². The molecule has 1 amide bonds. The summed E-state index contributed by atoms with van der Waals surface area (Å²) < 4.78 is 0. The molecule has 1 N–H and O–H groups in total. The quantitative estimate of drug-likeness (QED) is 0.852. The molecule has 0 radical (unpaired) electrons. The summed E-state index contributed by atoms with van der Waals surface area (Å²) in [5.74, 6) is 0.259. The van der Waals surface area contributed by atoms with Gasteiger partial charge < -0.3 is 5.32 Å². The van der Waals surface area contributed by atoms with E-state index in [1.165, 1.54) is 0 Å². The zero-order valence-electron chi connectivity index (χ0n) is 10.4. The number of carbonyl (C=O) groups is 1. The van der Waals surface area contributed by atoms with E-state index >= 15 is 0 Å². The maximum Gasteiger partial charge on any atom is 0.251 e. The molecule has 1 heterocycles. The number of nitrogens with zero attached hydrogens (tertiary/aromatic N) is 1. The van der Waals surface area contributed by atoms with E-state index in [-0.39, 0.29) is 11.9 Å². The van der Waals surface area contributed by atoms with Gasteiger partial charge in [-0.05, 0) is 24.1 Å². The van der Waals surface area contributed by atoms with E-state index in [0.29, 0.717) is 11.4 Å². The van der Waals surface area contributed by atoms with Gasteiger partial charge in [-0.3, -0.25) is 9.78 Å². The van der Waals surface area contributed by atoms with Gasteiger partial charge in [0.15, 0.2) is 0 Å². The molecule has 98 valence electrons. The average Bonchev–Trinajstić information content (AvgIpc) is 2.48. The molecule has 1 atom stereocenters. The fourth-order valence-electron chi connectivity index (χ4n) is 1.81. The van der Waals surface area contributed by atoms with Crippen LogP contribution in [0.3, 0.4) is 0 Å². The van der Waals surface area contributed by atoms with Gasteiger partial charge in [0.2, 0.25) is 0 Å². The smallest absolute Gasteiger partial charge is 0.251 e. The highest BCUT2D eigenvalue weighted by Gasteiger charge is 2.13. The van der Waals surface area contributed by atoms with Crippen molar-refractivity contribution in [2.45, 2.75) is 12.5 Å². The van der Waals surface area contributed by atoms with Gasteiger partial charge in [0, 0.05) is 29.9 Å². The van der Waals surface area contributed by atoms with Crippen LogP contribution in [0, 0.1) is 0 Å². The topological polar surface area (TPSA) is 42.0 Å². The SMILES string of the molecule is O=C(NC(CCl)Cc1ccccc1)c1ccncc1. The Morgan fingerprint density at radius 2 is 1.84 bits per heavy atom. The fourth-order valence-corrected chi connectivity index (χ4v) is 2.00. The van der Waals surface area contributed by atoms with Gasteiger partial charge in [-0.1, -0.05) is 30.3 Å².